The second-order valence-electron chi connectivity index (χ2n) is 3.52. The highest BCUT2D eigenvalue weighted by atomic mass is 35.7. The van der Waals surface area contributed by atoms with Crippen molar-refractivity contribution in [3.63, 3.8) is 0 Å². The number of hydrogen-bond acceptors (Lipinski definition) is 5. The van der Waals surface area contributed by atoms with Crippen molar-refractivity contribution >= 4 is 25.7 Å². The molecule has 5 nitrogen and oxygen atoms in total. The summed E-state index contributed by atoms with van der Waals surface area (Å²) >= 11 is 0. The number of carbonyl (C=O) groups excluding carboxylic acids is 1. The van der Waals surface area contributed by atoms with Gasteiger partial charge in [-0.2, -0.15) is 0 Å². The topological polar surface area (TPSA) is 69.7 Å². The van der Waals surface area contributed by atoms with Crippen LogP contribution in [0.15, 0.2) is 23.1 Å². The summed E-state index contributed by atoms with van der Waals surface area (Å²) in [5, 5.41) is 0. The number of halogens is 1. The molecule has 92 valence electrons. The van der Waals surface area contributed by atoms with Crippen LogP contribution in [0.4, 0.5) is 0 Å². The first-order chi connectivity index (χ1) is 7.93. The summed E-state index contributed by atoms with van der Waals surface area (Å²) in [5.74, 6) is -0.592. The minimum atomic E-state index is -3.82. The minimum absolute atomic E-state index is 0.0580. The van der Waals surface area contributed by atoms with Crippen LogP contribution in [0.2, 0.25) is 0 Å². The first-order valence-corrected chi connectivity index (χ1v) is 7.03. The van der Waals surface area contributed by atoms with Crippen LogP contribution in [-0.2, 0) is 18.6 Å². The van der Waals surface area contributed by atoms with Crippen LogP contribution < -0.4 is 4.74 Å². The first kappa shape index (κ1) is 12.2. The Balaban J connectivity index is 2.48. The lowest BCUT2D eigenvalue weighted by molar-refractivity contribution is -0.142. The maximum atomic E-state index is 11.5. The van der Waals surface area contributed by atoms with Crippen LogP contribution in [0.1, 0.15) is 11.5 Å². The van der Waals surface area contributed by atoms with Crippen molar-refractivity contribution in [3.8, 4) is 5.75 Å². The smallest absolute Gasteiger partial charge is 0.316 e. The standard InChI is InChI=1S/C10H9ClO5S/c1-15-10(12)8-5-16-9-3-2-6(4-7(8)9)17(11,13)14/h2-4,8H,5H2,1H3/t8-/m1/s1. The van der Waals surface area contributed by atoms with Crippen LogP contribution in [0.25, 0.3) is 0 Å². The molecule has 0 spiro atoms. The summed E-state index contributed by atoms with van der Waals surface area (Å²) < 4.78 is 32.3. The third-order valence-electron chi connectivity index (χ3n) is 2.53. The van der Waals surface area contributed by atoms with E-state index in [0.717, 1.165) is 0 Å². The average molecular weight is 277 g/mol. The van der Waals surface area contributed by atoms with E-state index in [0.29, 0.717) is 11.3 Å². The van der Waals surface area contributed by atoms with E-state index >= 15 is 0 Å². The number of carbonyl (C=O) groups is 1. The summed E-state index contributed by atoms with van der Waals surface area (Å²) in [6.45, 7) is 0.147. The molecule has 2 rings (SSSR count). The normalized spacial score (nSPS) is 18.4. The Morgan fingerprint density at radius 3 is 2.82 bits per heavy atom. The van der Waals surface area contributed by atoms with E-state index in [-0.39, 0.29) is 11.5 Å². The molecule has 0 aromatic heterocycles. The quantitative estimate of drug-likeness (QED) is 0.601. The average Bonchev–Trinajstić information content (AvgIpc) is 2.69. The van der Waals surface area contributed by atoms with Gasteiger partial charge in [0, 0.05) is 16.2 Å². The van der Waals surface area contributed by atoms with Crippen molar-refractivity contribution in [1.29, 1.82) is 0 Å². The van der Waals surface area contributed by atoms with Gasteiger partial charge in [-0.1, -0.05) is 0 Å². The van der Waals surface area contributed by atoms with Crippen LogP contribution in [0.3, 0.4) is 0 Å². The maximum absolute atomic E-state index is 11.5. The van der Waals surface area contributed by atoms with Gasteiger partial charge in [-0.15, -0.1) is 0 Å². The molecule has 0 N–H and O–H groups in total. The number of fused-ring (bicyclic) bond motifs is 1. The fraction of sp³-hybridized carbons (Fsp3) is 0.300. The molecular formula is C10H9ClO5S. The number of rotatable bonds is 2. The molecule has 1 aliphatic rings. The van der Waals surface area contributed by atoms with Gasteiger partial charge in [0.2, 0.25) is 0 Å². The third kappa shape index (κ3) is 2.23. The molecule has 0 fully saturated rings. The molecule has 7 heteroatoms. The van der Waals surface area contributed by atoms with Crippen molar-refractivity contribution in [1.82, 2.24) is 0 Å². The highest BCUT2D eigenvalue weighted by molar-refractivity contribution is 8.13. The third-order valence-corrected chi connectivity index (χ3v) is 3.88. The van der Waals surface area contributed by atoms with Gasteiger partial charge < -0.3 is 9.47 Å². The van der Waals surface area contributed by atoms with Crippen molar-refractivity contribution < 1.29 is 22.7 Å². The molecule has 0 bridgehead atoms. The maximum Gasteiger partial charge on any atom is 0.316 e. The highest BCUT2D eigenvalue weighted by Gasteiger charge is 2.32. The molecule has 0 unspecified atom stereocenters. The van der Waals surface area contributed by atoms with E-state index in [9.17, 15) is 13.2 Å². The largest absolute Gasteiger partial charge is 0.492 e. The predicted molar refractivity (Wildman–Crippen MR) is 59.7 cm³/mol. The van der Waals surface area contributed by atoms with Crippen LogP contribution in [0.5, 0.6) is 5.75 Å². The zero-order chi connectivity index (χ0) is 12.6. The van der Waals surface area contributed by atoms with Gasteiger partial charge in [0.15, 0.2) is 0 Å². The molecule has 1 aromatic rings. The molecule has 1 heterocycles. The number of methoxy groups -OCH3 is 1. The Morgan fingerprint density at radius 2 is 2.24 bits per heavy atom. The second-order valence-corrected chi connectivity index (χ2v) is 6.09. The number of benzene rings is 1. The summed E-state index contributed by atoms with van der Waals surface area (Å²) in [4.78, 5) is 11.4. The van der Waals surface area contributed by atoms with E-state index in [1.54, 1.807) is 0 Å². The Labute approximate surface area is 103 Å². The first-order valence-electron chi connectivity index (χ1n) is 4.72. The Kier molecular flexibility index (Phi) is 3.01. The van der Waals surface area contributed by atoms with E-state index < -0.39 is 20.9 Å². The summed E-state index contributed by atoms with van der Waals surface area (Å²) in [6.07, 6.45) is 0. The lowest BCUT2D eigenvalue weighted by atomic mass is 10.0. The lowest BCUT2D eigenvalue weighted by Gasteiger charge is -2.06. The van der Waals surface area contributed by atoms with Crippen LogP contribution in [0, 0.1) is 0 Å². The molecule has 1 aromatic carbocycles. The van der Waals surface area contributed by atoms with Gasteiger partial charge in [0.1, 0.15) is 18.3 Å². The number of hydrogen-bond donors (Lipinski definition) is 0. The van der Waals surface area contributed by atoms with Gasteiger partial charge in [-0.3, -0.25) is 4.79 Å². The lowest BCUT2D eigenvalue weighted by Crippen LogP contribution is -2.15. The summed E-state index contributed by atoms with van der Waals surface area (Å²) in [5.41, 5.74) is 0.485. The Hall–Kier alpha value is -1.27. The summed E-state index contributed by atoms with van der Waals surface area (Å²) in [6, 6.07) is 4.15. The summed E-state index contributed by atoms with van der Waals surface area (Å²) in [7, 11) is 2.69. The van der Waals surface area contributed by atoms with Crippen molar-refractivity contribution in [3.05, 3.63) is 23.8 Å². The van der Waals surface area contributed by atoms with Gasteiger partial charge in [0.05, 0.1) is 12.0 Å². The van der Waals surface area contributed by atoms with Gasteiger partial charge in [-0.25, -0.2) is 8.42 Å². The molecule has 1 aliphatic heterocycles. The van der Waals surface area contributed by atoms with Gasteiger partial charge in [-0.05, 0) is 18.2 Å². The zero-order valence-electron chi connectivity index (χ0n) is 8.84. The highest BCUT2D eigenvalue weighted by Crippen LogP contribution is 2.36. The predicted octanol–water partition coefficient (Wildman–Crippen LogP) is 1.26. The molecular weight excluding hydrogens is 268 g/mol. The Morgan fingerprint density at radius 1 is 1.53 bits per heavy atom. The molecule has 0 saturated heterocycles. The van der Waals surface area contributed by atoms with Crippen LogP contribution in [-0.4, -0.2) is 28.1 Å². The fourth-order valence-electron chi connectivity index (χ4n) is 1.68. The molecule has 1 atom stereocenters. The molecule has 0 amide bonds. The molecule has 0 radical (unpaired) electrons. The van der Waals surface area contributed by atoms with Crippen LogP contribution >= 0.6 is 10.7 Å². The van der Waals surface area contributed by atoms with Gasteiger partial charge >= 0.3 is 5.97 Å². The zero-order valence-corrected chi connectivity index (χ0v) is 10.4. The van der Waals surface area contributed by atoms with Crippen molar-refractivity contribution in [2.75, 3.05) is 13.7 Å². The Bertz CT molecular complexity index is 566. The monoisotopic (exact) mass is 276 g/mol. The van der Waals surface area contributed by atoms with Crippen molar-refractivity contribution in [2.45, 2.75) is 10.8 Å². The van der Waals surface area contributed by atoms with E-state index in [4.69, 9.17) is 15.4 Å². The van der Waals surface area contributed by atoms with Crippen molar-refractivity contribution in [2.24, 2.45) is 0 Å². The molecule has 17 heavy (non-hydrogen) atoms. The second kappa shape index (κ2) is 4.19. The van der Waals surface area contributed by atoms with E-state index in [1.165, 1.54) is 25.3 Å². The fourth-order valence-corrected chi connectivity index (χ4v) is 2.47. The number of esters is 1. The minimum Gasteiger partial charge on any atom is -0.492 e. The SMILES string of the molecule is COC(=O)[C@@H]1COc2ccc(S(=O)(=O)Cl)cc21. The number of ether oxygens (including phenoxy) is 2. The molecule has 0 aliphatic carbocycles. The van der Waals surface area contributed by atoms with E-state index in [2.05, 4.69) is 4.74 Å². The molecule has 0 saturated carbocycles. The van der Waals surface area contributed by atoms with E-state index in [1.807, 2.05) is 0 Å². The van der Waals surface area contributed by atoms with Gasteiger partial charge in [0.25, 0.3) is 9.05 Å².